The van der Waals surface area contributed by atoms with Gasteiger partial charge < -0.3 is 5.32 Å². The zero-order chi connectivity index (χ0) is 12.0. The van der Waals surface area contributed by atoms with E-state index in [1.165, 1.54) is 12.1 Å². The Hall–Kier alpha value is -1.38. The Morgan fingerprint density at radius 1 is 1.38 bits per heavy atom. The van der Waals surface area contributed by atoms with Gasteiger partial charge in [0.2, 0.25) is 0 Å². The molecule has 16 heavy (non-hydrogen) atoms. The molecule has 3 heteroatoms. The Balaban J connectivity index is 2.68. The number of nitrogens with one attached hydrogen (secondary N) is 1. The summed E-state index contributed by atoms with van der Waals surface area (Å²) in [4.78, 5) is 11.8. The number of benzene rings is 1. The van der Waals surface area contributed by atoms with Gasteiger partial charge in [-0.05, 0) is 25.0 Å². The molecule has 0 aliphatic heterocycles. The highest BCUT2D eigenvalue weighted by Gasteiger charge is 2.14. The Morgan fingerprint density at radius 3 is 2.62 bits per heavy atom. The summed E-state index contributed by atoms with van der Waals surface area (Å²) < 4.78 is 13.3. The minimum absolute atomic E-state index is 0.122. The molecule has 0 spiro atoms. The van der Waals surface area contributed by atoms with Gasteiger partial charge in [0.05, 0.1) is 5.56 Å². The third-order valence-electron chi connectivity index (χ3n) is 2.58. The Morgan fingerprint density at radius 2 is 2.06 bits per heavy atom. The maximum absolute atomic E-state index is 13.3. The zero-order valence-corrected chi connectivity index (χ0v) is 9.79. The number of carbonyl (C=O) groups is 1. The average molecular weight is 223 g/mol. The van der Waals surface area contributed by atoms with E-state index >= 15 is 0 Å². The van der Waals surface area contributed by atoms with Gasteiger partial charge in [-0.25, -0.2) is 4.39 Å². The van der Waals surface area contributed by atoms with Crippen molar-refractivity contribution >= 4 is 5.91 Å². The molecule has 0 saturated heterocycles. The monoisotopic (exact) mass is 223 g/mol. The highest BCUT2D eigenvalue weighted by molar-refractivity contribution is 5.94. The van der Waals surface area contributed by atoms with Gasteiger partial charge in [0, 0.05) is 6.04 Å². The van der Waals surface area contributed by atoms with Gasteiger partial charge in [-0.2, -0.15) is 0 Å². The van der Waals surface area contributed by atoms with Crippen LogP contribution in [0.1, 0.15) is 43.5 Å². The third kappa shape index (κ3) is 3.33. The molecule has 0 radical (unpaired) electrons. The van der Waals surface area contributed by atoms with Crippen LogP contribution in [0.5, 0.6) is 0 Å². The molecule has 1 N–H and O–H groups in total. The number of carbonyl (C=O) groups excluding carboxylic acids is 1. The number of hydrogen-bond donors (Lipinski definition) is 1. The molecule has 1 atom stereocenters. The van der Waals surface area contributed by atoms with E-state index in [2.05, 4.69) is 12.2 Å². The largest absolute Gasteiger partial charge is 0.349 e. The van der Waals surface area contributed by atoms with Crippen LogP contribution >= 0.6 is 0 Å². The van der Waals surface area contributed by atoms with Crippen molar-refractivity contribution in [1.29, 1.82) is 0 Å². The first-order chi connectivity index (χ1) is 7.69. The van der Waals surface area contributed by atoms with Gasteiger partial charge in [-0.3, -0.25) is 4.79 Å². The standard InChI is InChI=1S/C13H18FNO/c1-3-7-10(4-2)15-13(16)11-8-5-6-9-12(11)14/h5-6,8-10H,3-4,7H2,1-2H3,(H,15,16). The molecule has 0 fully saturated rings. The molecule has 0 aliphatic rings. The van der Waals surface area contributed by atoms with Crippen molar-refractivity contribution in [1.82, 2.24) is 5.32 Å². The molecule has 0 bridgehead atoms. The molecule has 1 aromatic carbocycles. The highest BCUT2D eigenvalue weighted by atomic mass is 19.1. The van der Waals surface area contributed by atoms with Crippen molar-refractivity contribution in [2.75, 3.05) is 0 Å². The molecular weight excluding hydrogens is 205 g/mol. The van der Waals surface area contributed by atoms with Crippen LogP contribution in [0.3, 0.4) is 0 Å². The number of amides is 1. The van der Waals surface area contributed by atoms with Crippen LogP contribution in [0.4, 0.5) is 4.39 Å². The fourth-order valence-corrected chi connectivity index (χ4v) is 1.64. The predicted octanol–water partition coefficient (Wildman–Crippen LogP) is 3.13. The van der Waals surface area contributed by atoms with Crippen molar-refractivity contribution in [3.05, 3.63) is 35.6 Å². The van der Waals surface area contributed by atoms with E-state index < -0.39 is 5.82 Å². The first-order valence-electron chi connectivity index (χ1n) is 5.74. The molecule has 0 heterocycles. The summed E-state index contributed by atoms with van der Waals surface area (Å²) in [5.74, 6) is -0.787. The fraction of sp³-hybridized carbons (Fsp3) is 0.462. The maximum Gasteiger partial charge on any atom is 0.254 e. The number of rotatable bonds is 5. The highest BCUT2D eigenvalue weighted by Crippen LogP contribution is 2.08. The lowest BCUT2D eigenvalue weighted by molar-refractivity contribution is 0.0929. The summed E-state index contributed by atoms with van der Waals surface area (Å²) in [7, 11) is 0. The summed E-state index contributed by atoms with van der Waals surface area (Å²) in [5, 5.41) is 2.85. The smallest absolute Gasteiger partial charge is 0.254 e. The Kier molecular flexibility index (Phi) is 4.96. The van der Waals surface area contributed by atoms with E-state index in [4.69, 9.17) is 0 Å². The van der Waals surface area contributed by atoms with Gasteiger partial charge in [0.25, 0.3) is 5.91 Å². The lowest BCUT2D eigenvalue weighted by Crippen LogP contribution is -2.34. The number of halogens is 1. The second kappa shape index (κ2) is 6.26. The predicted molar refractivity (Wildman–Crippen MR) is 62.9 cm³/mol. The Bertz CT molecular complexity index is 352. The quantitative estimate of drug-likeness (QED) is 0.816. The minimum Gasteiger partial charge on any atom is -0.349 e. The van der Waals surface area contributed by atoms with Crippen molar-refractivity contribution in [3.63, 3.8) is 0 Å². The van der Waals surface area contributed by atoms with E-state index in [1.54, 1.807) is 12.1 Å². The summed E-state index contributed by atoms with van der Waals surface area (Å²) in [6.07, 6.45) is 2.81. The molecule has 0 aliphatic carbocycles. The first kappa shape index (κ1) is 12.7. The van der Waals surface area contributed by atoms with Gasteiger partial charge >= 0.3 is 0 Å². The second-order valence-corrected chi connectivity index (χ2v) is 3.85. The summed E-state index contributed by atoms with van der Waals surface area (Å²) in [6.45, 7) is 4.08. The summed E-state index contributed by atoms with van der Waals surface area (Å²) in [6, 6.07) is 6.19. The van der Waals surface area contributed by atoms with Crippen LogP contribution in [0.2, 0.25) is 0 Å². The summed E-state index contributed by atoms with van der Waals surface area (Å²) in [5.41, 5.74) is 0.122. The molecule has 0 aromatic heterocycles. The van der Waals surface area contributed by atoms with Gasteiger partial charge in [-0.1, -0.05) is 32.4 Å². The topological polar surface area (TPSA) is 29.1 Å². The average Bonchev–Trinajstić information content (AvgIpc) is 2.28. The SMILES string of the molecule is CCCC(CC)NC(=O)c1ccccc1F. The van der Waals surface area contributed by atoms with E-state index in [0.29, 0.717) is 0 Å². The maximum atomic E-state index is 13.3. The van der Waals surface area contributed by atoms with Crippen LogP contribution in [-0.4, -0.2) is 11.9 Å². The molecule has 1 amide bonds. The second-order valence-electron chi connectivity index (χ2n) is 3.85. The van der Waals surface area contributed by atoms with Crippen LogP contribution in [-0.2, 0) is 0 Å². The van der Waals surface area contributed by atoms with Crippen molar-refractivity contribution in [2.45, 2.75) is 39.2 Å². The fourth-order valence-electron chi connectivity index (χ4n) is 1.64. The first-order valence-corrected chi connectivity index (χ1v) is 5.74. The van der Waals surface area contributed by atoms with Gasteiger partial charge in [0.15, 0.2) is 0 Å². The minimum atomic E-state index is -0.466. The Labute approximate surface area is 95.9 Å². The molecular formula is C13H18FNO. The molecule has 0 saturated carbocycles. The molecule has 88 valence electrons. The van der Waals surface area contributed by atoms with Crippen LogP contribution in [0, 0.1) is 5.82 Å². The van der Waals surface area contributed by atoms with Gasteiger partial charge in [0.1, 0.15) is 5.82 Å². The van der Waals surface area contributed by atoms with E-state index in [-0.39, 0.29) is 17.5 Å². The van der Waals surface area contributed by atoms with Crippen LogP contribution in [0.15, 0.2) is 24.3 Å². The third-order valence-corrected chi connectivity index (χ3v) is 2.58. The molecule has 1 rings (SSSR count). The van der Waals surface area contributed by atoms with E-state index in [1.807, 2.05) is 6.92 Å². The van der Waals surface area contributed by atoms with Crippen LogP contribution < -0.4 is 5.32 Å². The van der Waals surface area contributed by atoms with Crippen molar-refractivity contribution in [2.24, 2.45) is 0 Å². The summed E-state index contributed by atoms with van der Waals surface area (Å²) >= 11 is 0. The number of hydrogen-bond acceptors (Lipinski definition) is 1. The lowest BCUT2D eigenvalue weighted by Gasteiger charge is -2.16. The van der Waals surface area contributed by atoms with Crippen molar-refractivity contribution in [3.8, 4) is 0 Å². The van der Waals surface area contributed by atoms with E-state index in [9.17, 15) is 9.18 Å². The van der Waals surface area contributed by atoms with Gasteiger partial charge in [-0.15, -0.1) is 0 Å². The molecule has 2 nitrogen and oxygen atoms in total. The molecule has 1 aromatic rings. The van der Waals surface area contributed by atoms with Crippen molar-refractivity contribution < 1.29 is 9.18 Å². The van der Waals surface area contributed by atoms with Crippen LogP contribution in [0.25, 0.3) is 0 Å². The van der Waals surface area contributed by atoms with E-state index in [0.717, 1.165) is 19.3 Å². The molecule has 1 unspecified atom stereocenters. The normalized spacial score (nSPS) is 12.2. The lowest BCUT2D eigenvalue weighted by atomic mass is 10.1. The zero-order valence-electron chi connectivity index (χ0n) is 9.79.